The van der Waals surface area contributed by atoms with E-state index in [2.05, 4.69) is 18.7 Å². The lowest BCUT2D eigenvalue weighted by molar-refractivity contribution is -0.0714. The van der Waals surface area contributed by atoms with Crippen molar-refractivity contribution in [1.82, 2.24) is 0 Å². The Morgan fingerprint density at radius 1 is 1.29 bits per heavy atom. The molecule has 0 aliphatic carbocycles. The number of ether oxygens (including phenoxy) is 2. The third-order valence-electron chi connectivity index (χ3n) is 3.06. The molecule has 1 aromatic rings. The Bertz CT molecular complexity index is 334. The topological polar surface area (TPSA) is 18.5 Å². The van der Waals surface area contributed by atoms with E-state index in [9.17, 15) is 0 Å². The molecule has 0 aromatic heterocycles. The third kappa shape index (κ3) is 3.99. The maximum Gasteiger partial charge on any atom is 0.0816 e. The normalized spacial score (nSPS) is 24.5. The number of rotatable bonds is 5. The summed E-state index contributed by atoms with van der Waals surface area (Å²) < 4.78 is 11.5. The number of hydrogen-bond acceptors (Lipinski definition) is 2. The Kier molecular flexibility index (Phi) is 4.77. The molecule has 2 atom stereocenters. The first-order valence-corrected chi connectivity index (χ1v) is 6.28. The van der Waals surface area contributed by atoms with E-state index in [0.717, 1.165) is 12.8 Å². The molecular weight excluding hydrogens is 212 g/mol. The van der Waals surface area contributed by atoms with E-state index in [0.29, 0.717) is 13.2 Å². The molecule has 1 aliphatic heterocycles. The van der Waals surface area contributed by atoms with E-state index in [-0.39, 0.29) is 12.2 Å². The fraction of sp³-hybridized carbons (Fsp3) is 0.467. The van der Waals surface area contributed by atoms with Gasteiger partial charge in [0.15, 0.2) is 0 Å². The second-order valence-corrected chi connectivity index (χ2v) is 4.46. The van der Waals surface area contributed by atoms with Crippen molar-refractivity contribution in [2.75, 3.05) is 6.61 Å². The number of benzene rings is 1. The zero-order chi connectivity index (χ0) is 11.9. The minimum absolute atomic E-state index is 0.217. The molecule has 1 fully saturated rings. The SMILES string of the molecule is C=C[C@H]1CCC[C@@H](COCc2ccccc2)O1. The minimum Gasteiger partial charge on any atom is -0.374 e. The zero-order valence-corrected chi connectivity index (χ0v) is 10.2. The maximum atomic E-state index is 5.83. The molecule has 0 saturated carbocycles. The van der Waals surface area contributed by atoms with Crippen LogP contribution in [0.4, 0.5) is 0 Å². The van der Waals surface area contributed by atoms with Gasteiger partial charge in [-0.1, -0.05) is 36.4 Å². The Hall–Kier alpha value is -1.12. The Balaban J connectivity index is 1.70. The molecule has 2 heteroatoms. The standard InChI is InChI=1S/C15H20O2/c1-2-14-9-6-10-15(17-14)12-16-11-13-7-4-3-5-8-13/h2-5,7-8,14-15H,1,6,9-12H2/t14-,15-/m0/s1. The fourth-order valence-electron chi connectivity index (χ4n) is 2.11. The van der Waals surface area contributed by atoms with Gasteiger partial charge in [-0.15, -0.1) is 6.58 Å². The summed E-state index contributed by atoms with van der Waals surface area (Å²) in [5.74, 6) is 0. The summed E-state index contributed by atoms with van der Waals surface area (Å²) in [5.41, 5.74) is 1.21. The highest BCUT2D eigenvalue weighted by atomic mass is 16.5. The van der Waals surface area contributed by atoms with Crippen molar-refractivity contribution in [2.24, 2.45) is 0 Å². The van der Waals surface area contributed by atoms with Gasteiger partial charge in [-0.25, -0.2) is 0 Å². The first kappa shape index (κ1) is 12.3. The third-order valence-corrected chi connectivity index (χ3v) is 3.06. The van der Waals surface area contributed by atoms with Crippen LogP contribution in [0.25, 0.3) is 0 Å². The number of hydrogen-bond donors (Lipinski definition) is 0. The molecule has 92 valence electrons. The second-order valence-electron chi connectivity index (χ2n) is 4.46. The molecule has 1 aromatic carbocycles. The van der Waals surface area contributed by atoms with Gasteiger partial charge in [-0.3, -0.25) is 0 Å². The summed E-state index contributed by atoms with van der Waals surface area (Å²) >= 11 is 0. The van der Waals surface area contributed by atoms with Crippen molar-refractivity contribution >= 4 is 0 Å². The molecule has 0 radical (unpaired) electrons. The van der Waals surface area contributed by atoms with Gasteiger partial charge >= 0.3 is 0 Å². The molecule has 0 amide bonds. The van der Waals surface area contributed by atoms with Crippen molar-refractivity contribution in [2.45, 2.75) is 38.1 Å². The van der Waals surface area contributed by atoms with Crippen molar-refractivity contribution in [1.29, 1.82) is 0 Å². The Morgan fingerprint density at radius 2 is 2.12 bits per heavy atom. The summed E-state index contributed by atoms with van der Waals surface area (Å²) in [5, 5.41) is 0. The predicted molar refractivity (Wildman–Crippen MR) is 68.8 cm³/mol. The van der Waals surface area contributed by atoms with Crippen molar-refractivity contribution in [3.8, 4) is 0 Å². The molecule has 17 heavy (non-hydrogen) atoms. The van der Waals surface area contributed by atoms with Gasteiger partial charge in [0, 0.05) is 0 Å². The van der Waals surface area contributed by atoms with Gasteiger partial charge in [0.1, 0.15) is 0 Å². The van der Waals surface area contributed by atoms with Crippen LogP contribution in [-0.4, -0.2) is 18.8 Å². The lowest BCUT2D eigenvalue weighted by atomic mass is 10.0. The molecule has 0 bridgehead atoms. The van der Waals surface area contributed by atoms with Crippen LogP contribution in [0.5, 0.6) is 0 Å². The summed E-state index contributed by atoms with van der Waals surface area (Å²) in [6.45, 7) is 5.13. The van der Waals surface area contributed by atoms with Crippen LogP contribution in [0.1, 0.15) is 24.8 Å². The lowest BCUT2D eigenvalue weighted by Crippen LogP contribution is -2.29. The summed E-state index contributed by atoms with van der Waals surface area (Å²) in [6.07, 6.45) is 5.74. The van der Waals surface area contributed by atoms with Crippen molar-refractivity contribution in [3.05, 3.63) is 48.6 Å². The van der Waals surface area contributed by atoms with E-state index < -0.39 is 0 Å². The van der Waals surface area contributed by atoms with Crippen LogP contribution in [0.3, 0.4) is 0 Å². The molecule has 2 rings (SSSR count). The van der Waals surface area contributed by atoms with Crippen LogP contribution in [-0.2, 0) is 16.1 Å². The van der Waals surface area contributed by atoms with Gasteiger partial charge < -0.3 is 9.47 Å². The molecule has 0 spiro atoms. The highest BCUT2D eigenvalue weighted by molar-refractivity contribution is 5.13. The molecule has 1 saturated heterocycles. The molecule has 2 nitrogen and oxygen atoms in total. The summed E-state index contributed by atoms with van der Waals surface area (Å²) in [7, 11) is 0. The highest BCUT2D eigenvalue weighted by Crippen LogP contribution is 2.20. The van der Waals surface area contributed by atoms with E-state index in [4.69, 9.17) is 9.47 Å². The zero-order valence-electron chi connectivity index (χ0n) is 10.2. The van der Waals surface area contributed by atoms with Gasteiger partial charge in [-0.2, -0.15) is 0 Å². The van der Waals surface area contributed by atoms with E-state index in [1.165, 1.54) is 12.0 Å². The summed E-state index contributed by atoms with van der Waals surface area (Å²) in [4.78, 5) is 0. The predicted octanol–water partition coefficient (Wildman–Crippen LogP) is 3.33. The van der Waals surface area contributed by atoms with Gasteiger partial charge in [0.05, 0.1) is 25.4 Å². The van der Waals surface area contributed by atoms with Gasteiger partial charge in [-0.05, 0) is 24.8 Å². The van der Waals surface area contributed by atoms with Gasteiger partial charge in [0.25, 0.3) is 0 Å². The Labute approximate surface area is 103 Å². The van der Waals surface area contributed by atoms with Crippen LogP contribution >= 0.6 is 0 Å². The molecule has 0 N–H and O–H groups in total. The van der Waals surface area contributed by atoms with E-state index in [1.54, 1.807) is 0 Å². The largest absolute Gasteiger partial charge is 0.374 e. The van der Waals surface area contributed by atoms with Crippen molar-refractivity contribution < 1.29 is 9.47 Å². The molecular formula is C15H20O2. The minimum atomic E-state index is 0.217. The lowest BCUT2D eigenvalue weighted by Gasteiger charge is -2.28. The Morgan fingerprint density at radius 3 is 2.88 bits per heavy atom. The van der Waals surface area contributed by atoms with Crippen LogP contribution in [0.2, 0.25) is 0 Å². The highest BCUT2D eigenvalue weighted by Gasteiger charge is 2.20. The monoisotopic (exact) mass is 232 g/mol. The second kappa shape index (κ2) is 6.58. The van der Waals surface area contributed by atoms with Crippen molar-refractivity contribution in [3.63, 3.8) is 0 Å². The smallest absolute Gasteiger partial charge is 0.0816 e. The average Bonchev–Trinajstić information content (AvgIpc) is 2.40. The molecule has 1 heterocycles. The van der Waals surface area contributed by atoms with Gasteiger partial charge in [0.2, 0.25) is 0 Å². The molecule has 1 aliphatic rings. The molecule has 0 unspecified atom stereocenters. The van der Waals surface area contributed by atoms with Crippen LogP contribution in [0.15, 0.2) is 43.0 Å². The summed E-state index contributed by atoms with van der Waals surface area (Å²) in [6, 6.07) is 10.2. The van der Waals surface area contributed by atoms with E-state index >= 15 is 0 Å². The first-order valence-electron chi connectivity index (χ1n) is 6.28. The first-order chi connectivity index (χ1) is 8.38. The average molecular weight is 232 g/mol. The van der Waals surface area contributed by atoms with E-state index in [1.807, 2.05) is 24.3 Å². The van der Waals surface area contributed by atoms with Crippen LogP contribution in [0, 0.1) is 0 Å². The quantitative estimate of drug-likeness (QED) is 0.725. The fourth-order valence-corrected chi connectivity index (χ4v) is 2.11. The van der Waals surface area contributed by atoms with Crippen LogP contribution < -0.4 is 0 Å². The maximum absolute atomic E-state index is 5.83.